The zero-order valence-corrected chi connectivity index (χ0v) is 12.1. The summed E-state index contributed by atoms with van der Waals surface area (Å²) in [5, 5.41) is 12.1. The fraction of sp³-hybridized carbons (Fsp3) is 0.500. The van der Waals surface area contributed by atoms with Gasteiger partial charge in [0.05, 0.1) is 11.6 Å². The number of carbonyl (C=O) groups is 1. The molecule has 106 valence electrons. The molecule has 0 aliphatic carbocycles. The van der Waals surface area contributed by atoms with Crippen LogP contribution in [0, 0.1) is 17.2 Å². The van der Waals surface area contributed by atoms with E-state index in [-0.39, 0.29) is 11.9 Å². The van der Waals surface area contributed by atoms with E-state index in [1.54, 1.807) is 24.3 Å². The summed E-state index contributed by atoms with van der Waals surface area (Å²) in [6, 6.07) is 9.14. The van der Waals surface area contributed by atoms with Gasteiger partial charge in [0.25, 0.3) is 5.91 Å². The van der Waals surface area contributed by atoms with Crippen molar-refractivity contribution in [3.63, 3.8) is 0 Å². The minimum Gasteiger partial charge on any atom is -0.339 e. The summed E-state index contributed by atoms with van der Waals surface area (Å²) in [4.78, 5) is 14.3. The van der Waals surface area contributed by atoms with Gasteiger partial charge in [-0.15, -0.1) is 0 Å². The predicted octanol–water partition coefficient (Wildman–Crippen LogP) is 2.02. The number of nitriles is 1. The van der Waals surface area contributed by atoms with E-state index in [1.807, 2.05) is 11.9 Å². The van der Waals surface area contributed by atoms with Crippen molar-refractivity contribution in [1.29, 1.82) is 5.26 Å². The number of amides is 1. The van der Waals surface area contributed by atoms with Crippen molar-refractivity contribution in [3.05, 3.63) is 35.4 Å². The highest BCUT2D eigenvalue weighted by Gasteiger charge is 2.26. The molecule has 1 aromatic carbocycles. The summed E-state index contributed by atoms with van der Waals surface area (Å²) in [7, 11) is 1.87. The molecule has 1 aliphatic rings. The standard InChI is InChI=1S/C16H21N3O/c1-12(14-7-9-18-10-8-14)19(2)16(20)15-5-3-13(11-17)4-6-15/h3-6,12,14,18H,7-10H2,1-2H3. The Morgan fingerprint density at radius 3 is 2.50 bits per heavy atom. The molecular formula is C16H21N3O. The van der Waals surface area contributed by atoms with Crippen LogP contribution in [0.25, 0.3) is 0 Å². The van der Waals surface area contributed by atoms with Gasteiger partial charge in [0.1, 0.15) is 0 Å². The quantitative estimate of drug-likeness (QED) is 0.915. The third-order valence-corrected chi connectivity index (χ3v) is 4.26. The number of hydrogen-bond donors (Lipinski definition) is 1. The van der Waals surface area contributed by atoms with Crippen LogP contribution in [0.3, 0.4) is 0 Å². The van der Waals surface area contributed by atoms with Gasteiger partial charge in [-0.2, -0.15) is 5.26 Å². The van der Waals surface area contributed by atoms with Crippen LogP contribution in [-0.2, 0) is 0 Å². The van der Waals surface area contributed by atoms with Gasteiger partial charge in [0.15, 0.2) is 0 Å². The zero-order chi connectivity index (χ0) is 14.5. The largest absolute Gasteiger partial charge is 0.339 e. The summed E-state index contributed by atoms with van der Waals surface area (Å²) in [6.45, 7) is 4.19. The summed E-state index contributed by atoms with van der Waals surface area (Å²) in [5.74, 6) is 0.587. The van der Waals surface area contributed by atoms with E-state index < -0.39 is 0 Å². The molecular weight excluding hydrogens is 250 g/mol. The average Bonchev–Trinajstić information content (AvgIpc) is 2.53. The van der Waals surface area contributed by atoms with Crippen molar-refractivity contribution >= 4 is 5.91 Å². The first kappa shape index (κ1) is 14.5. The topological polar surface area (TPSA) is 56.1 Å². The molecule has 4 heteroatoms. The highest BCUT2D eigenvalue weighted by Crippen LogP contribution is 2.21. The van der Waals surface area contributed by atoms with E-state index >= 15 is 0 Å². The monoisotopic (exact) mass is 271 g/mol. The second-order valence-electron chi connectivity index (χ2n) is 5.43. The van der Waals surface area contributed by atoms with E-state index in [0.29, 0.717) is 17.0 Å². The first-order valence-electron chi connectivity index (χ1n) is 7.11. The van der Waals surface area contributed by atoms with Gasteiger partial charge in [-0.25, -0.2) is 0 Å². The third kappa shape index (κ3) is 3.17. The Hall–Kier alpha value is -1.86. The van der Waals surface area contributed by atoms with Crippen LogP contribution < -0.4 is 5.32 Å². The minimum atomic E-state index is 0.0283. The fourth-order valence-electron chi connectivity index (χ4n) is 2.72. The molecule has 2 rings (SSSR count). The van der Waals surface area contributed by atoms with Crippen molar-refractivity contribution in [1.82, 2.24) is 10.2 Å². The molecule has 1 atom stereocenters. The van der Waals surface area contributed by atoms with Gasteiger partial charge in [-0.05, 0) is 63.0 Å². The van der Waals surface area contributed by atoms with Gasteiger partial charge < -0.3 is 10.2 Å². The first-order chi connectivity index (χ1) is 9.63. The Morgan fingerprint density at radius 2 is 1.95 bits per heavy atom. The molecule has 4 nitrogen and oxygen atoms in total. The zero-order valence-electron chi connectivity index (χ0n) is 12.1. The average molecular weight is 271 g/mol. The Labute approximate surface area is 120 Å². The number of nitrogens with zero attached hydrogens (tertiary/aromatic N) is 2. The molecule has 0 bridgehead atoms. The van der Waals surface area contributed by atoms with Crippen molar-refractivity contribution in [2.24, 2.45) is 5.92 Å². The molecule has 20 heavy (non-hydrogen) atoms. The molecule has 1 amide bonds. The molecule has 1 fully saturated rings. The van der Waals surface area contributed by atoms with Crippen molar-refractivity contribution in [3.8, 4) is 6.07 Å². The lowest BCUT2D eigenvalue weighted by atomic mass is 9.90. The lowest BCUT2D eigenvalue weighted by molar-refractivity contribution is 0.0670. The van der Waals surface area contributed by atoms with Crippen LogP contribution in [0.2, 0.25) is 0 Å². The van der Waals surface area contributed by atoms with Gasteiger partial charge in [-0.1, -0.05) is 0 Å². The summed E-state index contributed by atoms with van der Waals surface area (Å²) in [6.07, 6.45) is 2.23. The highest BCUT2D eigenvalue weighted by atomic mass is 16.2. The van der Waals surface area contributed by atoms with Crippen molar-refractivity contribution in [2.45, 2.75) is 25.8 Å². The van der Waals surface area contributed by atoms with Crippen LogP contribution >= 0.6 is 0 Å². The number of nitrogens with one attached hydrogen (secondary N) is 1. The fourth-order valence-corrected chi connectivity index (χ4v) is 2.72. The van der Waals surface area contributed by atoms with Crippen molar-refractivity contribution < 1.29 is 4.79 Å². The van der Waals surface area contributed by atoms with Gasteiger partial charge in [0, 0.05) is 18.7 Å². The summed E-state index contributed by atoms with van der Waals surface area (Å²) >= 11 is 0. The third-order valence-electron chi connectivity index (χ3n) is 4.26. The molecule has 1 aromatic rings. The van der Waals surface area contributed by atoms with Crippen LogP contribution in [0.15, 0.2) is 24.3 Å². The molecule has 0 aromatic heterocycles. The maximum absolute atomic E-state index is 12.5. The molecule has 1 unspecified atom stereocenters. The van der Waals surface area contributed by atoms with E-state index in [0.717, 1.165) is 25.9 Å². The van der Waals surface area contributed by atoms with E-state index in [1.165, 1.54) is 0 Å². The maximum Gasteiger partial charge on any atom is 0.253 e. The number of carbonyl (C=O) groups excluding carboxylic acids is 1. The Balaban J connectivity index is 2.04. The van der Waals surface area contributed by atoms with E-state index in [9.17, 15) is 4.79 Å². The molecule has 1 aliphatic heterocycles. The normalized spacial score (nSPS) is 17.2. The SMILES string of the molecule is CC(C1CCNCC1)N(C)C(=O)c1ccc(C#N)cc1. The molecule has 1 N–H and O–H groups in total. The van der Waals surface area contributed by atoms with Crippen LogP contribution in [0.4, 0.5) is 0 Å². The second kappa shape index (κ2) is 6.53. The molecule has 0 saturated carbocycles. The van der Waals surface area contributed by atoms with Gasteiger partial charge in [-0.3, -0.25) is 4.79 Å². The van der Waals surface area contributed by atoms with Crippen LogP contribution in [0.1, 0.15) is 35.7 Å². The number of hydrogen-bond acceptors (Lipinski definition) is 3. The molecule has 0 radical (unpaired) electrons. The number of benzene rings is 1. The Kier molecular flexibility index (Phi) is 4.75. The lowest BCUT2D eigenvalue weighted by Crippen LogP contribution is -2.43. The molecule has 1 saturated heterocycles. The lowest BCUT2D eigenvalue weighted by Gasteiger charge is -2.34. The summed E-state index contributed by atoms with van der Waals surface area (Å²) < 4.78 is 0. The summed E-state index contributed by atoms with van der Waals surface area (Å²) in [5.41, 5.74) is 1.22. The Morgan fingerprint density at radius 1 is 1.35 bits per heavy atom. The Bertz CT molecular complexity index is 497. The predicted molar refractivity (Wildman–Crippen MR) is 78.3 cm³/mol. The van der Waals surface area contributed by atoms with Crippen LogP contribution in [0.5, 0.6) is 0 Å². The van der Waals surface area contributed by atoms with Crippen LogP contribution in [-0.4, -0.2) is 37.0 Å². The minimum absolute atomic E-state index is 0.0283. The van der Waals surface area contributed by atoms with E-state index in [2.05, 4.69) is 18.3 Å². The highest BCUT2D eigenvalue weighted by molar-refractivity contribution is 5.94. The van der Waals surface area contributed by atoms with Gasteiger partial charge >= 0.3 is 0 Å². The molecule has 0 spiro atoms. The second-order valence-corrected chi connectivity index (χ2v) is 5.43. The number of piperidine rings is 1. The maximum atomic E-state index is 12.5. The molecule has 1 heterocycles. The number of rotatable bonds is 3. The first-order valence-corrected chi connectivity index (χ1v) is 7.11. The van der Waals surface area contributed by atoms with Crippen molar-refractivity contribution in [2.75, 3.05) is 20.1 Å². The smallest absolute Gasteiger partial charge is 0.253 e. The van der Waals surface area contributed by atoms with Gasteiger partial charge in [0.2, 0.25) is 0 Å². The van der Waals surface area contributed by atoms with E-state index in [4.69, 9.17) is 5.26 Å².